The van der Waals surface area contributed by atoms with Gasteiger partial charge >= 0.3 is 5.97 Å². The van der Waals surface area contributed by atoms with E-state index in [1.807, 2.05) is 6.92 Å². The molecule has 3 heteroatoms. The Bertz CT molecular complexity index is 63.4. The van der Waals surface area contributed by atoms with Crippen molar-refractivity contribution < 1.29 is 47.6 Å². The van der Waals surface area contributed by atoms with E-state index in [4.69, 9.17) is 5.11 Å². The van der Waals surface area contributed by atoms with Crippen molar-refractivity contribution in [2.45, 2.75) is 26.2 Å². The first kappa shape index (κ1) is 11.5. The molecule has 8 heavy (non-hydrogen) atoms. The van der Waals surface area contributed by atoms with Gasteiger partial charge in [0.25, 0.3) is 0 Å². The smallest absolute Gasteiger partial charge is 0.303 e. The average Bonchev–Trinajstić information content (AvgIpc) is 1.61. The zero-order valence-electron chi connectivity index (χ0n) is 4.78. The van der Waals surface area contributed by atoms with Gasteiger partial charge < -0.3 is 5.11 Å². The fourth-order valence-corrected chi connectivity index (χ4v) is 0.328. The van der Waals surface area contributed by atoms with Crippen molar-refractivity contribution in [2.24, 2.45) is 0 Å². The molecule has 0 rings (SSSR count). The summed E-state index contributed by atoms with van der Waals surface area (Å²) in [5.74, 6) is -0.693. The van der Waals surface area contributed by atoms with Crippen LogP contribution in [0.3, 0.4) is 0 Å². The standard InChI is InChI=1S/C5H10O2.Ho/c1-2-3-4-5(6)7;/h2-4H2,1H3,(H,6,7);. The van der Waals surface area contributed by atoms with Gasteiger partial charge in [0.2, 0.25) is 0 Å². The molecule has 1 radical (unpaired) electrons. The van der Waals surface area contributed by atoms with Gasteiger partial charge in [-0.3, -0.25) is 4.79 Å². The van der Waals surface area contributed by atoms with Gasteiger partial charge in [0.1, 0.15) is 0 Å². The maximum atomic E-state index is 9.76. The molecule has 0 bridgehead atoms. The van der Waals surface area contributed by atoms with Gasteiger partial charge in [0, 0.05) is 44.2 Å². The number of carbonyl (C=O) groups is 1. The molecule has 0 aliphatic rings. The van der Waals surface area contributed by atoms with Crippen molar-refractivity contribution in [3.05, 3.63) is 0 Å². The SMILES string of the molecule is CCCCC(=O)O.[Ho]. The summed E-state index contributed by atoms with van der Waals surface area (Å²) in [6.07, 6.45) is 2.08. The van der Waals surface area contributed by atoms with Crippen LogP contribution in [0.25, 0.3) is 0 Å². The Morgan fingerprint density at radius 3 is 2.25 bits per heavy atom. The quantitative estimate of drug-likeness (QED) is 0.782. The summed E-state index contributed by atoms with van der Waals surface area (Å²) in [6, 6.07) is 0. The van der Waals surface area contributed by atoms with Gasteiger partial charge in [-0.25, -0.2) is 0 Å². The Morgan fingerprint density at radius 2 is 2.12 bits per heavy atom. The first-order chi connectivity index (χ1) is 3.27. The first-order valence-electron chi connectivity index (χ1n) is 2.49. The van der Waals surface area contributed by atoms with Gasteiger partial charge in [-0.15, -0.1) is 0 Å². The summed E-state index contributed by atoms with van der Waals surface area (Å²) < 4.78 is 0. The number of unbranched alkanes of at least 4 members (excludes halogenated alkanes) is 1. The number of hydrogen-bond acceptors (Lipinski definition) is 1. The van der Waals surface area contributed by atoms with E-state index in [1.165, 1.54) is 0 Å². The van der Waals surface area contributed by atoms with Gasteiger partial charge in [0.05, 0.1) is 0 Å². The Hall–Kier alpha value is 0.730. The second-order valence-electron chi connectivity index (χ2n) is 1.50. The Morgan fingerprint density at radius 1 is 1.62 bits per heavy atom. The number of hydrogen-bond donors (Lipinski definition) is 1. The predicted octanol–water partition coefficient (Wildman–Crippen LogP) is 1.26. The Kier molecular flexibility index (Phi) is 11.1. The molecule has 0 unspecified atom stereocenters. The molecule has 0 fully saturated rings. The van der Waals surface area contributed by atoms with Crippen LogP contribution in [0.4, 0.5) is 0 Å². The monoisotopic (exact) mass is 267 g/mol. The van der Waals surface area contributed by atoms with E-state index in [0.717, 1.165) is 12.8 Å². The van der Waals surface area contributed by atoms with Crippen molar-refractivity contribution in [1.29, 1.82) is 0 Å². The number of carboxylic acid groups (broad SMARTS) is 1. The predicted molar refractivity (Wildman–Crippen MR) is 27.2 cm³/mol. The molecule has 0 aliphatic carbocycles. The topological polar surface area (TPSA) is 37.3 Å². The maximum Gasteiger partial charge on any atom is 0.303 e. The second-order valence-corrected chi connectivity index (χ2v) is 1.50. The van der Waals surface area contributed by atoms with E-state index in [-0.39, 0.29) is 37.7 Å². The number of rotatable bonds is 3. The van der Waals surface area contributed by atoms with E-state index in [0.29, 0.717) is 6.42 Å². The fourth-order valence-electron chi connectivity index (χ4n) is 0.328. The van der Waals surface area contributed by atoms with Crippen molar-refractivity contribution in [1.82, 2.24) is 0 Å². The largest absolute Gasteiger partial charge is 0.481 e. The minimum atomic E-state index is -0.693. The van der Waals surface area contributed by atoms with Crippen molar-refractivity contribution in [3.8, 4) is 0 Å². The molecular formula is C5H10HoO2. The molecule has 0 aliphatic heterocycles. The van der Waals surface area contributed by atoms with Gasteiger partial charge in [0.15, 0.2) is 0 Å². The zero-order chi connectivity index (χ0) is 5.70. The summed E-state index contributed by atoms with van der Waals surface area (Å²) in [5.41, 5.74) is 0. The zero-order valence-corrected chi connectivity index (χ0v) is 6.71. The van der Waals surface area contributed by atoms with Crippen LogP contribution in [0.15, 0.2) is 0 Å². The van der Waals surface area contributed by atoms with Crippen LogP contribution in [-0.2, 0) is 4.79 Å². The number of carboxylic acids is 1. The van der Waals surface area contributed by atoms with Crippen LogP contribution in [0.1, 0.15) is 26.2 Å². The minimum absolute atomic E-state index is 0. The van der Waals surface area contributed by atoms with Crippen molar-refractivity contribution >= 4 is 5.97 Å². The summed E-state index contributed by atoms with van der Waals surface area (Å²) in [6.45, 7) is 1.98. The molecule has 0 spiro atoms. The molecule has 2 nitrogen and oxygen atoms in total. The summed E-state index contributed by atoms with van der Waals surface area (Å²) in [7, 11) is 0. The van der Waals surface area contributed by atoms with Crippen LogP contribution in [0.5, 0.6) is 0 Å². The van der Waals surface area contributed by atoms with Crippen LogP contribution in [0.2, 0.25) is 0 Å². The first-order valence-corrected chi connectivity index (χ1v) is 2.49. The summed E-state index contributed by atoms with van der Waals surface area (Å²) >= 11 is 0. The van der Waals surface area contributed by atoms with Crippen LogP contribution >= 0.6 is 0 Å². The van der Waals surface area contributed by atoms with Crippen molar-refractivity contribution in [2.75, 3.05) is 0 Å². The van der Waals surface area contributed by atoms with E-state index < -0.39 is 5.97 Å². The third kappa shape index (κ3) is 9.88. The fraction of sp³-hybridized carbons (Fsp3) is 0.800. The molecule has 0 amide bonds. The molecule has 0 aromatic rings. The van der Waals surface area contributed by atoms with E-state index in [1.54, 1.807) is 0 Å². The van der Waals surface area contributed by atoms with Crippen molar-refractivity contribution in [3.63, 3.8) is 0 Å². The summed E-state index contributed by atoms with van der Waals surface area (Å²) in [5, 5.41) is 8.04. The molecule has 0 saturated carbocycles. The van der Waals surface area contributed by atoms with Crippen LogP contribution in [-0.4, -0.2) is 11.1 Å². The normalized spacial score (nSPS) is 7.62. The summed E-state index contributed by atoms with van der Waals surface area (Å²) in [4.78, 5) is 9.76. The molecule has 53 valence electrons. The van der Waals surface area contributed by atoms with E-state index in [9.17, 15) is 4.79 Å². The molecular weight excluding hydrogens is 257 g/mol. The molecule has 0 heterocycles. The van der Waals surface area contributed by atoms with E-state index >= 15 is 0 Å². The molecule has 0 aromatic heterocycles. The van der Waals surface area contributed by atoms with Crippen LogP contribution < -0.4 is 0 Å². The average molecular weight is 267 g/mol. The van der Waals surface area contributed by atoms with Gasteiger partial charge in [-0.2, -0.15) is 0 Å². The maximum absolute atomic E-state index is 9.76. The Labute approximate surface area is 79.3 Å². The third-order valence-electron chi connectivity index (χ3n) is 0.744. The number of aliphatic carboxylic acids is 1. The Balaban J connectivity index is 0. The molecule has 0 atom stereocenters. The molecule has 0 aromatic carbocycles. The van der Waals surface area contributed by atoms with Gasteiger partial charge in [-0.1, -0.05) is 13.3 Å². The molecule has 0 saturated heterocycles. The molecule has 1 N–H and O–H groups in total. The minimum Gasteiger partial charge on any atom is -0.481 e. The van der Waals surface area contributed by atoms with E-state index in [2.05, 4.69) is 0 Å². The van der Waals surface area contributed by atoms with Gasteiger partial charge in [-0.05, 0) is 6.42 Å². The van der Waals surface area contributed by atoms with Crippen LogP contribution in [0, 0.1) is 37.7 Å². The second kappa shape index (κ2) is 7.73. The third-order valence-corrected chi connectivity index (χ3v) is 0.744.